The van der Waals surface area contributed by atoms with Gasteiger partial charge in [-0.2, -0.15) is 0 Å². The fourth-order valence-electron chi connectivity index (χ4n) is 1.86. The lowest BCUT2D eigenvalue weighted by Gasteiger charge is -2.18. The van der Waals surface area contributed by atoms with Crippen molar-refractivity contribution in [2.24, 2.45) is 0 Å². The van der Waals surface area contributed by atoms with Gasteiger partial charge in [0.2, 0.25) is 0 Å². The van der Waals surface area contributed by atoms with Gasteiger partial charge in [-0.25, -0.2) is 8.42 Å². The number of thiophene rings is 1. The quantitative estimate of drug-likeness (QED) is 0.778. The Morgan fingerprint density at radius 1 is 1.39 bits per heavy atom. The van der Waals surface area contributed by atoms with E-state index in [-0.39, 0.29) is 17.4 Å². The summed E-state index contributed by atoms with van der Waals surface area (Å²) in [5, 5.41) is 0. The normalized spacial score (nSPS) is 19.6. The average molecular weight is 352 g/mol. The Bertz CT molecular complexity index is 545. The van der Waals surface area contributed by atoms with Crippen LogP contribution in [0.1, 0.15) is 21.7 Å². The monoisotopic (exact) mass is 351 g/mol. The van der Waals surface area contributed by atoms with E-state index in [4.69, 9.17) is 0 Å². The minimum Gasteiger partial charge on any atom is -0.337 e. The molecule has 0 spiro atoms. The topological polar surface area (TPSA) is 54.5 Å². The third-order valence-corrected chi connectivity index (χ3v) is 6.75. The van der Waals surface area contributed by atoms with Crippen molar-refractivity contribution in [1.29, 1.82) is 0 Å². The van der Waals surface area contributed by atoms with Gasteiger partial charge in [-0.1, -0.05) is 0 Å². The van der Waals surface area contributed by atoms with E-state index in [0.717, 1.165) is 9.35 Å². The van der Waals surface area contributed by atoms with Crippen molar-refractivity contribution in [3.63, 3.8) is 0 Å². The molecule has 0 aromatic carbocycles. The highest BCUT2D eigenvalue weighted by Gasteiger charge is 2.24. The molecule has 1 aliphatic heterocycles. The van der Waals surface area contributed by atoms with Crippen molar-refractivity contribution in [2.45, 2.75) is 13.3 Å². The smallest absolute Gasteiger partial charge is 0.263 e. The number of hydrogen-bond donors (Lipinski definition) is 0. The first-order valence-electron chi connectivity index (χ1n) is 5.65. The van der Waals surface area contributed by atoms with E-state index in [1.54, 1.807) is 4.90 Å². The van der Waals surface area contributed by atoms with Crippen molar-refractivity contribution in [3.05, 3.63) is 20.3 Å². The average Bonchev–Trinajstić information content (AvgIpc) is 2.52. The maximum absolute atomic E-state index is 12.2. The predicted octanol–water partition coefficient (Wildman–Crippen LogP) is 2.08. The Kier molecular flexibility index (Phi) is 4.13. The van der Waals surface area contributed by atoms with Crippen LogP contribution in [0.4, 0.5) is 0 Å². The van der Waals surface area contributed by atoms with Gasteiger partial charge in [0.1, 0.15) is 0 Å². The zero-order chi connectivity index (χ0) is 13.3. The first kappa shape index (κ1) is 14.0. The molecule has 1 saturated heterocycles. The number of aryl methyl sites for hydroxylation is 1. The van der Waals surface area contributed by atoms with Crippen LogP contribution in [0, 0.1) is 6.92 Å². The molecule has 1 aliphatic rings. The van der Waals surface area contributed by atoms with Crippen LogP contribution in [-0.2, 0) is 9.84 Å². The molecule has 4 nitrogen and oxygen atoms in total. The zero-order valence-corrected chi connectivity index (χ0v) is 13.2. The second-order valence-corrected chi connectivity index (χ2v) is 9.04. The van der Waals surface area contributed by atoms with Gasteiger partial charge in [-0.3, -0.25) is 4.79 Å². The number of halogens is 1. The summed E-state index contributed by atoms with van der Waals surface area (Å²) in [7, 11) is -2.97. The van der Waals surface area contributed by atoms with Crippen LogP contribution in [0.5, 0.6) is 0 Å². The molecule has 0 unspecified atom stereocenters. The molecule has 0 atom stereocenters. The Morgan fingerprint density at radius 3 is 2.72 bits per heavy atom. The van der Waals surface area contributed by atoms with E-state index in [9.17, 15) is 13.2 Å². The van der Waals surface area contributed by atoms with Crippen molar-refractivity contribution >= 4 is 43.0 Å². The molecule has 0 bridgehead atoms. The number of sulfone groups is 1. The third kappa shape index (κ3) is 3.13. The molecule has 1 fully saturated rings. The molecule has 0 aliphatic carbocycles. The zero-order valence-electron chi connectivity index (χ0n) is 9.98. The Hall–Kier alpha value is -0.400. The molecule has 1 aromatic rings. The first-order valence-corrected chi connectivity index (χ1v) is 9.08. The van der Waals surface area contributed by atoms with E-state index in [1.165, 1.54) is 11.3 Å². The largest absolute Gasteiger partial charge is 0.337 e. The number of hydrogen-bond acceptors (Lipinski definition) is 4. The van der Waals surface area contributed by atoms with Crippen LogP contribution in [0.2, 0.25) is 0 Å². The van der Waals surface area contributed by atoms with E-state index in [1.807, 2.05) is 13.0 Å². The molecule has 2 heterocycles. The van der Waals surface area contributed by atoms with Crippen molar-refractivity contribution in [3.8, 4) is 0 Å². The summed E-state index contributed by atoms with van der Waals surface area (Å²) in [6, 6.07) is 1.84. The molecule has 18 heavy (non-hydrogen) atoms. The lowest BCUT2D eigenvalue weighted by Crippen LogP contribution is -2.33. The van der Waals surface area contributed by atoms with E-state index in [0.29, 0.717) is 24.4 Å². The third-order valence-electron chi connectivity index (χ3n) is 2.91. The van der Waals surface area contributed by atoms with Crippen LogP contribution in [-0.4, -0.2) is 43.8 Å². The highest BCUT2D eigenvalue weighted by atomic mass is 79.9. The van der Waals surface area contributed by atoms with Gasteiger partial charge < -0.3 is 4.90 Å². The number of rotatable bonds is 1. The minimum atomic E-state index is -2.97. The molecule has 100 valence electrons. The van der Waals surface area contributed by atoms with Gasteiger partial charge in [-0.05, 0) is 40.9 Å². The molecule has 2 rings (SSSR count). The molecule has 0 saturated carbocycles. The number of amides is 1. The first-order chi connectivity index (χ1) is 8.39. The fourth-order valence-corrected chi connectivity index (χ4v) is 4.64. The van der Waals surface area contributed by atoms with E-state index < -0.39 is 9.84 Å². The van der Waals surface area contributed by atoms with Crippen LogP contribution in [0.3, 0.4) is 0 Å². The SMILES string of the molecule is Cc1cc(C(=O)N2CCCS(=O)(=O)CC2)sc1Br. The van der Waals surface area contributed by atoms with Crippen LogP contribution in [0.25, 0.3) is 0 Å². The van der Waals surface area contributed by atoms with Crippen LogP contribution < -0.4 is 0 Å². The van der Waals surface area contributed by atoms with E-state index >= 15 is 0 Å². The van der Waals surface area contributed by atoms with Crippen LogP contribution in [0.15, 0.2) is 9.85 Å². The number of carbonyl (C=O) groups is 1. The highest BCUT2D eigenvalue weighted by Crippen LogP contribution is 2.28. The summed E-state index contributed by atoms with van der Waals surface area (Å²) < 4.78 is 23.9. The summed E-state index contributed by atoms with van der Waals surface area (Å²) in [5.74, 6) is 0.194. The molecular weight excluding hydrogens is 338 g/mol. The highest BCUT2D eigenvalue weighted by molar-refractivity contribution is 9.11. The second kappa shape index (κ2) is 5.30. The lowest BCUT2D eigenvalue weighted by molar-refractivity contribution is 0.0773. The van der Waals surface area contributed by atoms with Gasteiger partial charge in [-0.15, -0.1) is 11.3 Å². The fraction of sp³-hybridized carbons (Fsp3) is 0.545. The Balaban J connectivity index is 2.14. The van der Waals surface area contributed by atoms with Crippen molar-refractivity contribution in [1.82, 2.24) is 4.90 Å². The molecule has 7 heteroatoms. The van der Waals surface area contributed by atoms with Gasteiger partial charge in [0.25, 0.3) is 5.91 Å². The Morgan fingerprint density at radius 2 is 2.11 bits per heavy atom. The Labute approximate surface area is 119 Å². The minimum absolute atomic E-state index is 0.0640. The molecule has 1 aromatic heterocycles. The van der Waals surface area contributed by atoms with Gasteiger partial charge in [0, 0.05) is 13.1 Å². The molecule has 0 radical (unpaired) electrons. The molecule has 1 amide bonds. The van der Waals surface area contributed by atoms with Crippen molar-refractivity contribution < 1.29 is 13.2 Å². The van der Waals surface area contributed by atoms with Crippen LogP contribution >= 0.6 is 27.3 Å². The van der Waals surface area contributed by atoms with E-state index in [2.05, 4.69) is 15.9 Å². The van der Waals surface area contributed by atoms with Gasteiger partial charge in [0.15, 0.2) is 9.84 Å². The lowest BCUT2D eigenvalue weighted by atomic mass is 10.3. The van der Waals surface area contributed by atoms with Gasteiger partial charge in [0.05, 0.1) is 20.2 Å². The maximum Gasteiger partial charge on any atom is 0.263 e. The maximum atomic E-state index is 12.2. The molecule has 0 N–H and O–H groups in total. The standard InChI is InChI=1S/C11H14BrNO3S2/c1-8-7-9(17-10(8)12)11(14)13-3-2-5-18(15,16)6-4-13/h7H,2-6H2,1H3. The summed E-state index contributed by atoms with van der Waals surface area (Å²) in [6.07, 6.45) is 0.527. The van der Waals surface area contributed by atoms with Gasteiger partial charge >= 0.3 is 0 Å². The predicted molar refractivity (Wildman–Crippen MR) is 75.9 cm³/mol. The second-order valence-electron chi connectivity index (χ2n) is 4.36. The summed E-state index contributed by atoms with van der Waals surface area (Å²) in [4.78, 5) is 14.6. The van der Waals surface area contributed by atoms with Crippen molar-refractivity contribution in [2.75, 3.05) is 24.6 Å². The summed E-state index contributed by atoms with van der Waals surface area (Å²) in [6.45, 7) is 2.76. The number of carbonyl (C=O) groups excluding carboxylic acids is 1. The summed E-state index contributed by atoms with van der Waals surface area (Å²) >= 11 is 4.79. The molecular formula is C11H14BrNO3S2. The number of nitrogens with zero attached hydrogens (tertiary/aromatic N) is 1. The summed E-state index contributed by atoms with van der Waals surface area (Å²) in [5.41, 5.74) is 1.03.